The molecule has 1 spiro atoms. The highest BCUT2D eigenvalue weighted by Crippen LogP contribution is 2.54. The van der Waals surface area contributed by atoms with Crippen molar-refractivity contribution in [3.05, 3.63) is 69.2 Å². The van der Waals surface area contributed by atoms with Crippen LogP contribution in [0.25, 0.3) is 0 Å². The topological polar surface area (TPSA) is 78.5 Å². The van der Waals surface area contributed by atoms with E-state index in [9.17, 15) is 14.4 Å². The second-order valence-electron chi connectivity index (χ2n) is 12.8. The van der Waals surface area contributed by atoms with Crippen LogP contribution in [0.2, 0.25) is 10.0 Å². The predicted octanol–water partition coefficient (Wildman–Crippen LogP) is 6.87. The van der Waals surface area contributed by atoms with E-state index >= 15 is 0 Å². The van der Waals surface area contributed by atoms with E-state index in [1.807, 2.05) is 36.4 Å². The van der Waals surface area contributed by atoms with Crippen molar-refractivity contribution in [2.75, 3.05) is 6.54 Å². The van der Waals surface area contributed by atoms with Gasteiger partial charge in [0.05, 0.1) is 11.7 Å². The van der Waals surface area contributed by atoms with Gasteiger partial charge in [-0.2, -0.15) is 0 Å². The lowest BCUT2D eigenvalue weighted by atomic mass is 9.69. The Hall–Kier alpha value is -2.41. The molecule has 3 fully saturated rings. The molecular weight excluding hydrogens is 545 g/mol. The first-order valence-corrected chi connectivity index (χ1v) is 15.2. The fraction of sp³-hybridized carbons (Fsp3) is 0.531. The molecule has 0 aromatic heterocycles. The molecule has 2 amide bonds. The maximum Gasteiger partial charge on any atom is 0.251 e. The monoisotopic (exact) mass is 583 g/mol. The summed E-state index contributed by atoms with van der Waals surface area (Å²) in [6, 6.07) is 12.4. The number of halogens is 2. The summed E-state index contributed by atoms with van der Waals surface area (Å²) in [6.07, 6.45) is 7.06. The lowest BCUT2D eigenvalue weighted by Crippen LogP contribution is -2.56. The van der Waals surface area contributed by atoms with Crippen molar-refractivity contribution in [2.24, 2.45) is 17.3 Å². The fourth-order valence-electron chi connectivity index (χ4n) is 6.69. The molecule has 1 aliphatic heterocycles. The molecular formula is C32H39Cl2N3O3. The van der Waals surface area contributed by atoms with Crippen LogP contribution in [0.5, 0.6) is 0 Å². The third kappa shape index (κ3) is 5.95. The Bertz CT molecular complexity index is 1240. The quantitative estimate of drug-likeness (QED) is 0.262. The Morgan fingerprint density at radius 2 is 1.70 bits per heavy atom. The van der Waals surface area contributed by atoms with Crippen molar-refractivity contribution in [1.82, 2.24) is 15.5 Å². The highest BCUT2D eigenvalue weighted by Gasteiger charge is 2.57. The van der Waals surface area contributed by atoms with E-state index < -0.39 is 11.7 Å². The number of benzene rings is 2. The zero-order valence-electron chi connectivity index (χ0n) is 23.5. The van der Waals surface area contributed by atoms with Crippen LogP contribution in [0.1, 0.15) is 99.3 Å². The van der Waals surface area contributed by atoms with Gasteiger partial charge in [0.2, 0.25) is 5.91 Å². The summed E-state index contributed by atoms with van der Waals surface area (Å²) in [4.78, 5) is 39.7. The summed E-state index contributed by atoms with van der Waals surface area (Å²) in [5, 5.41) is 7.61. The molecule has 40 heavy (non-hydrogen) atoms. The number of rotatable bonds is 8. The van der Waals surface area contributed by atoms with E-state index in [0.717, 1.165) is 55.9 Å². The van der Waals surface area contributed by atoms with Gasteiger partial charge >= 0.3 is 0 Å². The highest BCUT2D eigenvalue weighted by atomic mass is 35.5. The van der Waals surface area contributed by atoms with Crippen LogP contribution >= 0.6 is 23.2 Å². The van der Waals surface area contributed by atoms with Crippen molar-refractivity contribution >= 4 is 41.3 Å². The molecule has 0 radical (unpaired) electrons. The first-order valence-electron chi connectivity index (χ1n) is 14.4. The Balaban J connectivity index is 1.49. The number of hydrogen-bond acceptors (Lipinski definition) is 4. The van der Waals surface area contributed by atoms with Gasteiger partial charge in [0.15, 0.2) is 0 Å². The van der Waals surface area contributed by atoms with Crippen molar-refractivity contribution in [2.45, 2.75) is 83.5 Å². The molecule has 1 saturated heterocycles. The van der Waals surface area contributed by atoms with E-state index in [-0.39, 0.29) is 29.7 Å². The van der Waals surface area contributed by atoms with E-state index in [0.29, 0.717) is 34.0 Å². The van der Waals surface area contributed by atoms with Gasteiger partial charge < -0.3 is 15.0 Å². The summed E-state index contributed by atoms with van der Waals surface area (Å²) in [5.74, 6) is 0.815. The van der Waals surface area contributed by atoms with Gasteiger partial charge in [0.25, 0.3) is 5.91 Å². The smallest absolute Gasteiger partial charge is 0.251 e. The number of nitrogens with one attached hydrogen (secondary N) is 2. The molecule has 2 aromatic rings. The van der Waals surface area contributed by atoms with E-state index in [2.05, 4.69) is 36.3 Å². The van der Waals surface area contributed by atoms with E-state index in [1.54, 1.807) is 6.07 Å². The van der Waals surface area contributed by atoms with Gasteiger partial charge in [-0.3, -0.25) is 14.9 Å². The third-order valence-corrected chi connectivity index (χ3v) is 9.46. The van der Waals surface area contributed by atoms with Crippen LogP contribution in [0.3, 0.4) is 0 Å². The summed E-state index contributed by atoms with van der Waals surface area (Å²) >= 11 is 12.7. The second kappa shape index (κ2) is 11.5. The Morgan fingerprint density at radius 3 is 2.25 bits per heavy atom. The minimum absolute atomic E-state index is 0.0557. The predicted molar refractivity (Wildman–Crippen MR) is 158 cm³/mol. The molecule has 1 heterocycles. The molecule has 2 atom stereocenters. The molecule has 8 heteroatoms. The number of carbonyl (C=O) groups is 3. The van der Waals surface area contributed by atoms with Crippen LogP contribution in [0, 0.1) is 17.3 Å². The molecule has 214 valence electrons. The number of hydrogen-bond donors (Lipinski definition) is 2. The highest BCUT2D eigenvalue weighted by molar-refractivity contribution is 6.34. The minimum atomic E-state index is -0.522. The van der Waals surface area contributed by atoms with Crippen LogP contribution in [0.4, 0.5) is 0 Å². The molecule has 5 rings (SSSR count). The first-order chi connectivity index (χ1) is 19.0. The first kappa shape index (κ1) is 29.1. The van der Waals surface area contributed by atoms with Gasteiger partial charge in [-0.15, -0.1) is 0 Å². The van der Waals surface area contributed by atoms with Gasteiger partial charge in [0, 0.05) is 28.6 Å². The molecule has 2 aromatic carbocycles. The van der Waals surface area contributed by atoms with Gasteiger partial charge in [0.1, 0.15) is 12.3 Å². The van der Waals surface area contributed by atoms with Crippen molar-refractivity contribution < 1.29 is 14.4 Å². The third-order valence-electron chi connectivity index (χ3n) is 9.02. The molecule has 2 saturated carbocycles. The molecule has 0 bridgehead atoms. The summed E-state index contributed by atoms with van der Waals surface area (Å²) in [6.45, 7) is 7.24. The zero-order valence-corrected chi connectivity index (χ0v) is 25.0. The van der Waals surface area contributed by atoms with Crippen LogP contribution in [-0.4, -0.2) is 35.2 Å². The average Bonchev–Trinajstić information content (AvgIpc) is 3.70. The molecule has 6 nitrogen and oxygen atoms in total. The summed E-state index contributed by atoms with van der Waals surface area (Å²) in [7, 11) is 0. The zero-order chi connectivity index (χ0) is 28.7. The van der Waals surface area contributed by atoms with Crippen molar-refractivity contribution in [3.8, 4) is 0 Å². The maximum absolute atomic E-state index is 14.4. The van der Waals surface area contributed by atoms with Crippen molar-refractivity contribution in [3.63, 3.8) is 0 Å². The minimum Gasteiger partial charge on any atom is -0.352 e. The molecule has 2 unspecified atom stereocenters. The Kier molecular flexibility index (Phi) is 8.34. The van der Waals surface area contributed by atoms with Crippen LogP contribution in [0.15, 0.2) is 42.5 Å². The largest absolute Gasteiger partial charge is 0.352 e. The van der Waals surface area contributed by atoms with Gasteiger partial charge in [-0.25, -0.2) is 0 Å². The number of carbonyl (C=O) groups excluding carboxylic acids is 3. The number of amides is 2. The van der Waals surface area contributed by atoms with E-state index in [1.165, 1.54) is 0 Å². The lowest BCUT2D eigenvalue weighted by Gasteiger charge is -2.49. The molecule has 2 N–H and O–H groups in total. The van der Waals surface area contributed by atoms with Crippen LogP contribution in [-0.2, 0) is 9.59 Å². The maximum atomic E-state index is 14.4. The summed E-state index contributed by atoms with van der Waals surface area (Å²) < 4.78 is 0. The van der Waals surface area contributed by atoms with Gasteiger partial charge in [-0.05, 0) is 97.2 Å². The standard InChI is InChI=1S/C32H39Cl2N3O3/c1-31(2,3)24-11-13-32(14-12-24)36-27(23-17-25(33)19-26(34)18-23)30(40)37(32)28(20-5-6-20)21-7-9-22(10-8-21)29(39)35-15-4-16-38/h7-10,16-20,24,27-28,36H,4-6,11-15H2,1-3H3,(H,35,39). The fourth-order valence-corrected chi connectivity index (χ4v) is 7.23. The van der Waals surface area contributed by atoms with Crippen molar-refractivity contribution in [1.29, 1.82) is 0 Å². The number of nitrogens with zero attached hydrogens (tertiary/aromatic N) is 1. The van der Waals surface area contributed by atoms with Gasteiger partial charge in [-0.1, -0.05) is 56.1 Å². The summed E-state index contributed by atoms with van der Waals surface area (Å²) in [5.41, 5.74) is 2.13. The van der Waals surface area contributed by atoms with E-state index in [4.69, 9.17) is 23.2 Å². The second-order valence-corrected chi connectivity index (χ2v) is 13.6. The Labute approximate surface area is 247 Å². The normalized spacial score (nSPS) is 25.7. The SMILES string of the molecule is CC(C)(C)C1CCC2(CC1)NC(c1cc(Cl)cc(Cl)c1)C(=O)N2C(c1ccc(C(=O)NCCC=O)cc1)C1CC1. The number of aldehydes is 1. The Morgan fingerprint density at radius 1 is 1.07 bits per heavy atom. The van der Waals surface area contributed by atoms with Crippen LogP contribution < -0.4 is 10.6 Å². The molecule has 3 aliphatic rings. The molecule has 2 aliphatic carbocycles. The average molecular weight is 585 g/mol. The lowest BCUT2D eigenvalue weighted by molar-refractivity contribution is -0.138.